The van der Waals surface area contributed by atoms with Crippen LogP contribution in [-0.4, -0.2) is 30.6 Å². The molecule has 0 unspecified atom stereocenters. The second-order valence-corrected chi connectivity index (χ2v) is 5.69. The van der Waals surface area contributed by atoms with Gasteiger partial charge in [-0.05, 0) is 60.7 Å². The number of hydrogen-bond acceptors (Lipinski definition) is 3. The first-order valence-electron chi connectivity index (χ1n) is 8.43. The van der Waals surface area contributed by atoms with Crippen molar-refractivity contribution in [1.82, 2.24) is 10.3 Å². The van der Waals surface area contributed by atoms with Crippen molar-refractivity contribution < 1.29 is 14.3 Å². The highest BCUT2D eigenvalue weighted by molar-refractivity contribution is 5.80. The van der Waals surface area contributed by atoms with Gasteiger partial charge < -0.3 is 19.8 Å². The fraction of sp³-hybridized carbons (Fsp3) is 0.250. The summed E-state index contributed by atoms with van der Waals surface area (Å²) in [4.78, 5) is 15.1. The number of aromatic amines is 1. The van der Waals surface area contributed by atoms with Crippen molar-refractivity contribution >= 4 is 16.8 Å². The van der Waals surface area contributed by atoms with E-state index in [9.17, 15) is 4.79 Å². The van der Waals surface area contributed by atoms with Gasteiger partial charge in [-0.1, -0.05) is 12.1 Å². The van der Waals surface area contributed by atoms with Crippen LogP contribution in [0, 0.1) is 0 Å². The van der Waals surface area contributed by atoms with E-state index in [1.807, 2.05) is 31.3 Å². The number of carbonyl (C=O) groups is 1. The molecule has 1 aromatic heterocycles. The quantitative estimate of drug-likeness (QED) is 0.662. The van der Waals surface area contributed by atoms with Crippen LogP contribution in [0.25, 0.3) is 10.9 Å². The monoisotopic (exact) mass is 338 g/mol. The molecule has 2 aromatic carbocycles. The molecule has 1 heterocycles. The smallest absolute Gasteiger partial charge is 0.257 e. The van der Waals surface area contributed by atoms with Crippen LogP contribution in [0.5, 0.6) is 11.5 Å². The molecule has 0 bridgehead atoms. The topological polar surface area (TPSA) is 63.4 Å². The molecule has 0 atom stereocenters. The summed E-state index contributed by atoms with van der Waals surface area (Å²) < 4.78 is 10.8. The second-order valence-electron chi connectivity index (χ2n) is 5.69. The number of nitrogens with one attached hydrogen (secondary N) is 2. The molecule has 3 rings (SSSR count). The Morgan fingerprint density at radius 3 is 2.56 bits per heavy atom. The molecular formula is C20H22N2O3. The summed E-state index contributed by atoms with van der Waals surface area (Å²) in [5.41, 5.74) is 2.30. The van der Waals surface area contributed by atoms with E-state index in [0.717, 1.165) is 17.7 Å². The van der Waals surface area contributed by atoms with Crippen molar-refractivity contribution in [2.24, 2.45) is 0 Å². The molecule has 0 saturated heterocycles. The largest absolute Gasteiger partial charge is 0.494 e. The zero-order valence-electron chi connectivity index (χ0n) is 14.2. The van der Waals surface area contributed by atoms with E-state index in [4.69, 9.17) is 9.47 Å². The Morgan fingerprint density at radius 2 is 1.80 bits per heavy atom. The Morgan fingerprint density at radius 1 is 1.04 bits per heavy atom. The second kappa shape index (κ2) is 8.24. The molecule has 2 N–H and O–H groups in total. The minimum atomic E-state index is -0.130. The van der Waals surface area contributed by atoms with E-state index in [0.29, 0.717) is 18.9 Å². The van der Waals surface area contributed by atoms with Gasteiger partial charge in [-0.2, -0.15) is 0 Å². The van der Waals surface area contributed by atoms with Crippen LogP contribution in [-0.2, 0) is 11.2 Å². The lowest BCUT2D eigenvalue weighted by molar-refractivity contribution is -0.123. The first-order chi connectivity index (χ1) is 12.2. The summed E-state index contributed by atoms with van der Waals surface area (Å²) in [5, 5.41) is 4.07. The summed E-state index contributed by atoms with van der Waals surface area (Å²) in [6, 6.07) is 15.6. The average Bonchev–Trinajstić information content (AvgIpc) is 3.09. The maximum absolute atomic E-state index is 11.9. The van der Waals surface area contributed by atoms with Crippen LogP contribution < -0.4 is 14.8 Å². The zero-order chi connectivity index (χ0) is 17.5. The molecule has 5 heteroatoms. The molecule has 25 heavy (non-hydrogen) atoms. The van der Waals surface area contributed by atoms with Crippen molar-refractivity contribution in [3.63, 3.8) is 0 Å². The zero-order valence-corrected chi connectivity index (χ0v) is 14.2. The Balaban J connectivity index is 1.40. The molecule has 0 spiro atoms. The minimum absolute atomic E-state index is 0.00362. The van der Waals surface area contributed by atoms with Crippen molar-refractivity contribution in [1.29, 1.82) is 0 Å². The molecule has 3 aromatic rings. The van der Waals surface area contributed by atoms with Gasteiger partial charge in [-0.3, -0.25) is 4.79 Å². The Labute approximate surface area is 147 Å². The van der Waals surface area contributed by atoms with E-state index in [1.165, 1.54) is 10.9 Å². The van der Waals surface area contributed by atoms with Crippen LogP contribution in [0.15, 0.2) is 54.7 Å². The third-order valence-electron chi connectivity index (χ3n) is 3.86. The molecule has 0 radical (unpaired) electrons. The lowest BCUT2D eigenvalue weighted by atomic mass is 10.1. The Kier molecular flexibility index (Phi) is 5.57. The summed E-state index contributed by atoms with van der Waals surface area (Å²) in [5.74, 6) is 1.31. The molecule has 0 fully saturated rings. The number of benzene rings is 2. The minimum Gasteiger partial charge on any atom is -0.494 e. The third kappa shape index (κ3) is 4.76. The van der Waals surface area contributed by atoms with Gasteiger partial charge in [0.05, 0.1) is 6.61 Å². The van der Waals surface area contributed by atoms with Gasteiger partial charge in [0.1, 0.15) is 11.5 Å². The van der Waals surface area contributed by atoms with E-state index in [-0.39, 0.29) is 12.5 Å². The van der Waals surface area contributed by atoms with Gasteiger partial charge in [0.2, 0.25) is 0 Å². The van der Waals surface area contributed by atoms with E-state index in [1.54, 1.807) is 12.1 Å². The van der Waals surface area contributed by atoms with Crippen LogP contribution in [0.4, 0.5) is 0 Å². The number of hydrogen-bond donors (Lipinski definition) is 2. The van der Waals surface area contributed by atoms with Crippen LogP contribution >= 0.6 is 0 Å². The number of H-pyrrole nitrogens is 1. The van der Waals surface area contributed by atoms with Gasteiger partial charge in [-0.15, -0.1) is 0 Å². The number of fused-ring (bicyclic) bond motifs is 1. The van der Waals surface area contributed by atoms with Gasteiger partial charge in [0.25, 0.3) is 5.91 Å². The Bertz CT molecular complexity index is 824. The number of carbonyl (C=O) groups excluding carboxylic acids is 1. The summed E-state index contributed by atoms with van der Waals surface area (Å²) in [6.07, 6.45) is 2.71. The first-order valence-corrected chi connectivity index (χ1v) is 8.43. The van der Waals surface area contributed by atoms with Crippen molar-refractivity contribution in [3.05, 3.63) is 60.3 Å². The summed E-state index contributed by atoms with van der Waals surface area (Å²) in [6.45, 7) is 3.14. The SMILES string of the molecule is CCOc1ccc(OCC(=O)NCCc2ccc3cc[nH]c3c2)cc1. The predicted octanol–water partition coefficient (Wildman–Crippen LogP) is 3.30. The highest BCUT2D eigenvalue weighted by Crippen LogP contribution is 2.17. The molecule has 0 aliphatic carbocycles. The van der Waals surface area contributed by atoms with Gasteiger partial charge >= 0.3 is 0 Å². The van der Waals surface area contributed by atoms with Gasteiger partial charge in [0.15, 0.2) is 6.61 Å². The molecular weight excluding hydrogens is 316 g/mol. The standard InChI is InChI=1S/C20H22N2O3/c1-2-24-17-5-7-18(8-6-17)25-14-20(23)22-11-9-15-3-4-16-10-12-21-19(16)13-15/h3-8,10,12-13,21H,2,9,11,14H2,1H3,(H,22,23). The lowest BCUT2D eigenvalue weighted by Gasteiger charge is -2.09. The lowest BCUT2D eigenvalue weighted by Crippen LogP contribution is -2.30. The fourth-order valence-electron chi connectivity index (χ4n) is 2.60. The van der Waals surface area contributed by atoms with Crippen molar-refractivity contribution in [2.75, 3.05) is 19.8 Å². The van der Waals surface area contributed by atoms with Crippen molar-refractivity contribution in [3.8, 4) is 11.5 Å². The number of aromatic nitrogens is 1. The highest BCUT2D eigenvalue weighted by atomic mass is 16.5. The van der Waals surface area contributed by atoms with Crippen LogP contribution in [0.2, 0.25) is 0 Å². The maximum Gasteiger partial charge on any atom is 0.257 e. The molecule has 0 saturated carbocycles. The summed E-state index contributed by atoms with van der Waals surface area (Å²) in [7, 11) is 0. The molecule has 0 aliphatic heterocycles. The van der Waals surface area contributed by atoms with Gasteiger partial charge in [0, 0.05) is 18.3 Å². The van der Waals surface area contributed by atoms with Crippen LogP contribution in [0.3, 0.4) is 0 Å². The van der Waals surface area contributed by atoms with Crippen molar-refractivity contribution in [2.45, 2.75) is 13.3 Å². The molecule has 1 amide bonds. The molecule has 5 nitrogen and oxygen atoms in total. The maximum atomic E-state index is 11.9. The van der Waals surface area contributed by atoms with Crippen LogP contribution in [0.1, 0.15) is 12.5 Å². The molecule has 130 valence electrons. The third-order valence-corrected chi connectivity index (χ3v) is 3.86. The van der Waals surface area contributed by atoms with E-state index >= 15 is 0 Å². The number of ether oxygens (including phenoxy) is 2. The average molecular weight is 338 g/mol. The number of amides is 1. The van der Waals surface area contributed by atoms with E-state index in [2.05, 4.69) is 28.5 Å². The predicted molar refractivity (Wildman–Crippen MR) is 98.1 cm³/mol. The summed E-state index contributed by atoms with van der Waals surface area (Å²) >= 11 is 0. The normalized spacial score (nSPS) is 10.6. The number of rotatable bonds is 8. The van der Waals surface area contributed by atoms with E-state index < -0.39 is 0 Å². The fourth-order valence-corrected chi connectivity index (χ4v) is 2.60. The highest BCUT2D eigenvalue weighted by Gasteiger charge is 2.04. The first kappa shape index (κ1) is 16.9. The Hall–Kier alpha value is -2.95. The van der Waals surface area contributed by atoms with Gasteiger partial charge in [-0.25, -0.2) is 0 Å². The molecule has 0 aliphatic rings.